The molecule has 0 aliphatic heterocycles. The summed E-state index contributed by atoms with van der Waals surface area (Å²) in [5.74, 6) is 1.08. The minimum absolute atomic E-state index is 0.166. The fourth-order valence-electron chi connectivity index (χ4n) is 2.38. The minimum Gasteiger partial charge on any atom is -0.213 e. The van der Waals surface area contributed by atoms with Gasteiger partial charge in [-0.05, 0) is 24.7 Å². The Morgan fingerprint density at radius 1 is 1.21 bits per heavy atom. The third-order valence-electron chi connectivity index (χ3n) is 3.04. The first kappa shape index (κ1) is 12.0. The summed E-state index contributed by atoms with van der Waals surface area (Å²) in [5, 5.41) is 0. The zero-order valence-electron chi connectivity index (χ0n) is 9.29. The molecule has 1 fully saturated rings. The highest BCUT2D eigenvalue weighted by Gasteiger charge is 2.29. The van der Waals surface area contributed by atoms with Crippen LogP contribution in [-0.2, 0) is 10.0 Å². The zero-order valence-corrected chi connectivity index (χ0v) is 10.1. The molecule has 84 valence electrons. The summed E-state index contributed by atoms with van der Waals surface area (Å²) in [6.07, 6.45) is 5.79. The topological polar surface area (TPSA) is 46.2 Å². The van der Waals surface area contributed by atoms with Gasteiger partial charge in [0.15, 0.2) is 0 Å². The Morgan fingerprint density at radius 3 is 2.29 bits per heavy atom. The Morgan fingerprint density at radius 2 is 1.79 bits per heavy atom. The van der Waals surface area contributed by atoms with E-state index in [-0.39, 0.29) is 6.04 Å². The van der Waals surface area contributed by atoms with Gasteiger partial charge in [-0.25, -0.2) is 13.1 Å². The molecule has 1 aliphatic carbocycles. The first-order chi connectivity index (χ1) is 6.40. The third-order valence-corrected chi connectivity index (χ3v) is 3.77. The molecule has 0 aromatic heterocycles. The van der Waals surface area contributed by atoms with Gasteiger partial charge in [-0.15, -0.1) is 0 Å². The monoisotopic (exact) mass is 219 g/mol. The Balaban J connectivity index is 2.63. The molecule has 4 heteroatoms. The van der Waals surface area contributed by atoms with Gasteiger partial charge in [0.1, 0.15) is 0 Å². The predicted molar refractivity (Wildman–Crippen MR) is 58.6 cm³/mol. The second-order valence-electron chi connectivity index (χ2n) is 4.69. The molecule has 0 aromatic carbocycles. The van der Waals surface area contributed by atoms with Crippen LogP contribution < -0.4 is 4.72 Å². The van der Waals surface area contributed by atoms with E-state index in [0.717, 1.165) is 19.3 Å². The fraction of sp³-hybridized carbons (Fsp3) is 1.00. The lowest BCUT2D eigenvalue weighted by Gasteiger charge is -2.34. The molecule has 1 saturated carbocycles. The largest absolute Gasteiger partial charge is 0.213 e. The molecule has 0 bridgehead atoms. The number of hydrogen-bond acceptors (Lipinski definition) is 2. The molecular formula is C10H21NO2S. The van der Waals surface area contributed by atoms with Crippen molar-refractivity contribution < 1.29 is 8.42 Å². The number of hydrogen-bond donors (Lipinski definition) is 1. The van der Waals surface area contributed by atoms with Crippen LogP contribution in [0.4, 0.5) is 0 Å². The van der Waals surface area contributed by atoms with Gasteiger partial charge < -0.3 is 0 Å². The van der Waals surface area contributed by atoms with Crippen molar-refractivity contribution in [1.82, 2.24) is 4.72 Å². The molecule has 1 aliphatic rings. The molecule has 3 nitrogen and oxygen atoms in total. The van der Waals surface area contributed by atoms with Crippen LogP contribution in [0.25, 0.3) is 0 Å². The van der Waals surface area contributed by atoms with Gasteiger partial charge in [0.05, 0.1) is 6.26 Å². The number of rotatable bonds is 3. The zero-order chi connectivity index (χ0) is 10.8. The van der Waals surface area contributed by atoms with Gasteiger partial charge >= 0.3 is 0 Å². The van der Waals surface area contributed by atoms with Gasteiger partial charge in [-0.3, -0.25) is 0 Å². The van der Waals surface area contributed by atoms with Crippen LogP contribution in [-0.4, -0.2) is 20.7 Å². The van der Waals surface area contributed by atoms with Gasteiger partial charge in [-0.1, -0.05) is 26.7 Å². The SMILES string of the molecule is CC(C)C1CCCCC1NS(C)(=O)=O. The Bertz CT molecular complexity index is 272. The van der Waals surface area contributed by atoms with Crippen molar-refractivity contribution in [2.24, 2.45) is 11.8 Å². The van der Waals surface area contributed by atoms with Crippen LogP contribution in [0.15, 0.2) is 0 Å². The van der Waals surface area contributed by atoms with Crippen molar-refractivity contribution in [1.29, 1.82) is 0 Å². The lowest BCUT2D eigenvalue weighted by atomic mass is 9.78. The van der Waals surface area contributed by atoms with Crippen molar-refractivity contribution in [3.8, 4) is 0 Å². The second-order valence-corrected chi connectivity index (χ2v) is 6.47. The van der Waals surface area contributed by atoms with Crippen molar-refractivity contribution in [3.63, 3.8) is 0 Å². The Hall–Kier alpha value is -0.0900. The highest BCUT2D eigenvalue weighted by molar-refractivity contribution is 7.88. The molecule has 0 heterocycles. The maximum atomic E-state index is 11.2. The lowest BCUT2D eigenvalue weighted by molar-refractivity contribution is 0.226. The van der Waals surface area contributed by atoms with E-state index >= 15 is 0 Å². The molecule has 14 heavy (non-hydrogen) atoms. The van der Waals surface area contributed by atoms with E-state index in [1.54, 1.807) is 0 Å². The van der Waals surface area contributed by atoms with Gasteiger partial charge in [0, 0.05) is 6.04 Å². The summed E-state index contributed by atoms with van der Waals surface area (Å²) in [4.78, 5) is 0. The van der Waals surface area contributed by atoms with Crippen molar-refractivity contribution >= 4 is 10.0 Å². The average molecular weight is 219 g/mol. The van der Waals surface area contributed by atoms with Crippen LogP contribution in [0.5, 0.6) is 0 Å². The maximum Gasteiger partial charge on any atom is 0.208 e. The summed E-state index contributed by atoms with van der Waals surface area (Å²) in [7, 11) is -3.04. The van der Waals surface area contributed by atoms with Crippen molar-refractivity contribution in [3.05, 3.63) is 0 Å². The number of nitrogens with one attached hydrogen (secondary N) is 1. The first-order valence-electron chi connectivity index (χ1n) is 5.37. The van der Waals surface area contributed by atoms with Crippen molar-refractivity contribution in [2.75, 3.05) is 6.26 Å². The summed E-state index contributed by atoms with van der Waals surface area (Å²) in [5.41, 5.74) is 0. The van der Waals surface area contributed by atoms with E-state index in [2.05, 4.69) is 18.6 Å². The van der Waals surface area contributed by atoms with Crippen LogP contribution in [0, 0.1) is 11.8 Å². The van der Waals surface area contributed by atoms with Crippen LogP contribution in [0.1, 0.15) is 39.5 Å². The molecule has 1 N–H and O–H groups in total. The molecule has 2 unspecified atom stereocenters. The predicted octanol–water partition coefficient (Wildman–Crippen LogP) is 1.75. The van der Waals surface area contributed by atoms with Gasteiger partial charge in [0.2, 0.25) is 10.0 Å². The third kappa shape index (κ3) is 3.58. The lowest BCUT2D eigenvalue weighted by Crippen LogP contribution is -2.43. The van der Waals surface area contributed by atoms with Crippen molar-refractivity contribution in [2.45, 2.75) is 45.6 Å². The second kappa shape index (κ2) is 4.62. The summed E-state index contributed by atoms with van der Waals surface area (Å²) in [6.45, 7) is 4.35. The quantitative estimate of drug-likeness (QED) is 0.786. The van der Waals surface area contributed by atoms with Crippen LogP contribution >= 0.6 is 0 Å². The summed E-state index contributed by atoms with van der Waals surface area (Å²) >= 11 is 0. The molecule has 1 rings (SSSR count). The molecule has 0 spiro atoms. The normalized spacial score (nSPS) is 29.4. The first-order valence-corrected chi connectivity index (χ1v) is 7.26. The average Bonchev–Trinajstić information content (AvgIpc) is 2.01. The van der Waals surface area contributed by atoms with Crippen LogP contribution in [0.2, 0.25) is 0 Å². The van der Waals surface area contributed by atoms with E-state index in [1.807, 2.05) is 0 Å². The minimum atomic E-state index is -3.04. The van der Waals surface area contributed by atoms with E-state index < -0.39 is 10.0 Å². The maximum absolute atomic E-state index is 11.2. The molecule has 0 saturated heterocycles. The van der Waals surface area contributed by atoms with E-state index in [4.69, 9.17) is 0 Å². The van der Waals surface area contributed by atoms with E-state index in [1.165, 1.54) is 12.7 Å². The molecule has 0 aromatic rings. The standard InChI is InChI=1S/C10H21NO2S/c1-8(2)9-6-4-5-7-10(9)11-14(3,12)13/h8-11H,4-7H2,1-3H3. The highest BCUT2D eigenvalue weighted by Crippen LogP contribution is 2.30. The Labute approximate surface area is 87.3 Å². The van der Waals surface area contributed by atoms with E-state index in [9.17, 15) is 8.42 Å². The molecule has 0 radical (unpaired) electrons. The Kier molecular flexibility index (Phi) is 3.95. The van der Waals surface area contributed by atoms with Gasteiger partial charge in [-0.2, -0.15) is 0 Å². The van der Waals surface area contributed by atoms with E-state index in [0.29, 0.717) is 11.8 Å². The summed E-state index contributed by atoms with van der Waals surface area (Å²) < 4.78 is 25.1. The molecule has 0 amide bonds. The van der Waals surface area contributed by atoms with Gasteiger partial charge in [0.25, 0.3) is 0 Å². The summed E-state index contributed by atoms with van der Waals surface area (Å²) in [6, 6.07) is 0.166. The molecular weight excluding hydrogens is 198 g/mol. The smallest absolute Gasteiger partial charge is 0.208 e. The number of sulfonamides is 1. The highest BCUT2D eigenvalue weighted by atomic mass is 32.2. The fourth-order valence-corrected chi connectivity index (χ4v) is 3.22. The van der Waals surface area contributed by atoms with Crippen LogP contribution in [0.3, 0.4) is 0 Å². The molecule has 2 atom stereocenters.